The highest BCUT2D eigenvalue weighted by Crippen LogP contribution is 2.01. The van der Waals surface area contributed by atoms with Gasteiger partial charge in [0.25, 0.3) is 0 Å². The van der Waals surface area contributed by atoms with Gasteiger partial charge in [-0.2, -0.15) is 0 Å². The van der Waals surface area contributed by atoms with Crippen molar-refractivity contribution in [3.05, 3.63) is 30.2 Å². The van der Waals surface area contributed by atoms with E-state index in [-0.39, 0.29) is 18.9 Å². The SMILES string of the molecule is O=C(/C=C/c1ccco1)NCCC(O)C(=O)O. The molecular formula is C11H13NO5. The highest BCUT2D eigenvalue weighted by atomic mass is 16.4. The highest BCUT2D eigenvalue weighted by Gasteiger charge is 2.12. The van der Waals surface area contributed by atoms with E-state index < -0.39 is 12.1 Å². The summed E-state index contributed by atoms with van der Waals surface area (Å²) in [4.78, 5) is 21.5. The first-order valence-electron chi connectivity index (χ1n) is 5.00. The van der Waals surface area contributed by atoms with E-state index in [0.717, 1.165) is 0 Å². The van der Waals surface area contributed by atoms with Crippen LogP contribution in [0.4, 0.5) is 0 Å². The van der Waals surface area contributed by atoms with Crippen LogP contribution in [0.15, 0.2) is 28.9 Å². The van der Waals surface area contributed by atoms with Gasteiger partial charge in [0, 0.05) is 19.0 Å². The zero-order valence-corrected chi connectivity index (χ0v) is 9.00. The van der Waals surface area contributed by atoms with E-state index in [0.29, 0.717) is 5.76 Å². The van der Waals surface area contributed by atoms with E-state index >= 15 is 0 Å². The molecule has 92 valence electrons. The molecule has 1 unspecified atom stereocenters. The van der Waals surface area contributed by atoms with Crippen molar-refractivity contribution in [1.82, 2.24) is 5.32 Å². The summed E-state index contributed by atoms with van der Waals surface area (Å²) in [6, 6.07) is 3.39. The minimum absolute atomic E-state index is 0.0321. The fraction of sp³-hybridized carbons (Fsp3) is 0.273. The molecular weight excluding hydrogens is 226 g/mol. The molecule has 1 rings (SSSR count). The van der Waals surface area contributed by atoms with Gasteiger partial charge in [-0.25, -0.2) is 4.79 Å². The maximum atomic E-state index is 11.2. The number of aliphatic hydroxyl groups is 1. The van der Waals surface area contributed by atoms with Crippen LogP contribution in [0.2, 0.25) is 0 Å². The number of nitrogens with one attached hydrogen (secondary N) is 1. The molecule has 0 fully saturated rings. The smallest absolute Gasteiger partial charge is 0.332 e. The third kappa shape index (κ3) is 4.98. The predicted octanol–water partition coefficient (Wildman–Crippen LogP) is 0.245. The maximum absolute atomic E-state index is 11.2. The lowest BCUT2D eigenvalue weighted by Crippen LogP contribution is -2.28. The van der Waals surface area contributed by atoms with E-state index in [4.69, 9.17) is 14.6 Å². The van der Waals surface area contributed by atoms with E-state index in [1.165, 1.54) is 18.4 Å². The first-order valence-corrected chi connectivity index (χ1v) is 5.00. The molecule has 0 aliphatic rings. The monoisotopic (exact) mass is 239 g/mol. The van der Waals surface area contributed by atoms with Crippen molar-refractivity contribution in [2.75, 3.05) is 6.54 Å². The minimum Gasteiger partial charge on any atom is -0.479 e. The van der Waals surface area contributed by atoms with Crippen LogP contribution >= 0.6 is 0 Å². The standard InChI is InChI=1S/C11H13NO5/c13-9(11(15)16)5-6-12-10(14)4-3-8-2-1-7-17-8/h1-4,7,9,13H,5-6H2,(H,12,14)(H,15,16)/b4-3+. The fourth-order valence-electron chi connectivity index (χ4n) is 1.06. The van der Waals surface area contributed by atoms with Crippen molar-refractivity contribution in [3.8, 4) is 0 Å². The van der Waals surface area contributed by atoms with Gasteiger partial charge >= 0.3 is 5.97 Å². The molecule has 1 aromatic rings. The van der Waals surface area contributed by atoms with Gasteiger partial charge in [-0.1, -0.05) is 0 Å². The summed E-state index contributed by atoms with van der Waals surface area (Å²) >= 11 is 0. The fourth-order valence-corrected chi connectivity index (χ4v) is 1.06. The van der Waals surface area contributed by atoms with Gasteiger partial charge < -0.3 is 19.9 Å². The molecule has 0 saturated heterocycles. The van der Waals surface area contributed by atoms with Gasteiger partial charge in [0.2, 0.25) is 5.91 Å². The summed E-state index contributed by atoms with van der Waals surface area (Å²) in [5.41, 5.74) is 0. The average molecular weight is 239 g/mol. The molecule has 0 aliphatic carbocycles. The van der Waals surface area contributed by atoms with E-state index in [9.17, 15) is 9.59 Å². The van der Waals surface area contributed by atoms with Crippen molar-refractivity contribution in [2.24, 2.45) is 0 Å². The van der Waals surface area contributed by atoms with Gasteiger partial charge in [-0.15, -0.1) is 0 Å². The Balaban J connectivity index is 2.24. The Morgan fingerprint density at radius 2 is 2.29 bits per heavy atom. The summed E-state index contributed by atoms with van der Waals surface area (Å²) < 4.78 is 4.97. The van der Waals surface area contributed by atoms with Crippen LogP contribution in [0.25, 0.3) is 6.08 Å². The van der Waals surface area contributed by atoms with Crippen molar-refractivity contribution in [1.29, 1.82) is 0 Å². The summed E-state index contributed by atoms with van der Waals surface area (Å²) in [5, 5.41) is 19.8. The number of hydrogen-bond donors (Lipinski definition) is 3. The Bertz CT molecular complexity index is 396. The number of carbonyl (C=O) groups excluding carboxylic acids is 1. The topological polar surface area (TPSA) is 99.8 Å². The summed E-state index contributed by atoms with van der Waals surface area (Å²) in [7, 11) is 0. The van der Waals surface area contributed by atoms with Crippen molar-refractivity contribution >= 4 is 18.0 Å². The van der Waals surface area contributed by atoms with E-state index in [1.807, 2.05) is 0 Å². The molecule has 1 atom stereocenters. The van der Waals surface area contributed by atoms with Crippen LogP contribution < -0.4 is 5.32 Å². The number of aliphatic hydroxyl groups excluding tert-OH is 1. The Morgan fingerprint density at radius 1 is 1.53 bits per heavy atom. The molecule has 0 radical (unpaired) electrons. The lowest BCUT2D eigenvalue weighted by molar-refractivity contribution is -0.147. The zero-order valence-electron chi connectivity index (χ0n) is 9.00. The van der Waals surface area contributed by atoms with Crippen LogP contribution in [0.5, 0.6) is 0 Å². The molecule has 0 saturated carbocycles. The van der Waals surface area contributed by atoms with Crippen LogP contribution in [-0.4, -0.2) is 34.7 Å². The number of hydrogen-bond acceptors (Lipinski definition) is 4. The Hall–Kier alpha value is -2.08. The van der Waals surface area contributed by atoms with Crippen molar-refractivity contribution in [2.45, 2.75) is 12.5 Å². The van der Waals surface area contributed by atoms with Gasteiger partial charge in [0.05, 0.1) is 6.26 Å². The minimum atomic E-state index is -1.45. The molecule has 1 heterocycles. The average Bonchev–Trinajstić information content (AvgIpc) is 2.78. The molecule has 1 amide bonds. The maximum Gasteiger partial charge on any atom is 0.332 e. The van der Waals surface area contributed by atoms with Crippen LogP contribution in [-0.2, 0) is 9.59 Å². The Kier molecular flexibility index (Phi) is 4.96. The quantitative estimate of drug-likeness (QED) is 0.618. The lowest BCUT2D eigenvalue weighted by atomic mass is 10.2. The molecule has 0 aliphatic heterocycles. The Labute approximate surface area is 97.6 Å². The molecule has 0 spiro atoms. The molecule has 0 aromatic carbocycles. The highest BCUT2D eigenvalue weighted by molar-refractivity contribution is 5.91. The van der Waals surface area contributed by atoms with Gasteiger partial charge in [-0.3, -0.25) is 4.79 Å². The number of aliphatic carboxylic acids is 1. The number of furan rings is 1. The third-order valence-electron chi connectivity index (χ3n) is 1.94. The second kappa shape index (κ2) is 6.49. The normalized spacial score (nSPS) is 12.5. The molecule has 17 heavy (non-hydrogen) atoms. The first kappa shape index (κ1) is 13.0. The summed E-state index contributed by atoms with van der Waals surface area (Å²) in [5.74, 6) is -1.13. The molecule has 3 N–H and O–H groups in total. The first-order chi connectivity index (χ1) is 8.09. The third-order valence-corrected chi connectivity index (χ3v) is 1.94. The molecule has 0 bridgehead atoms. The molecule has 1 aromatic heterocycles. The Morgan fingerprint density at radius 3 is 2.88 bits per heavy atom. The summed E-state index contributed by atoms with van der Waals surface area (Å²) in [6.45, 7) is 0.0921. The van der Waals surface area contributed by atoms with Gasteiger partial charge in [-0.05, 0) is 18.2 Å². The second-order valence-corrected chi connectivity index (χ2v) is 3.28. The number of amides is 1. The zero-order chi connectivity index (χ0) is 12.7. The van der Waals surface area contributed by atoms with E-state index in [2.05, 4.69) is 5.32 Å². The predicted molar refractivity (Wildman–Crippen MR) is 59.0 cm³/mol. The lowest BCUT2D eigenvalue weighted by Gasteiger charge is -2.05. The van der Waals surface area contributed by atoms with E-state index in [1.54, 1.807) is 12.1 Å². The van der Waals surface area contributed by atoms with Crippen LogP contribution in [0.3, 0.4) is 0 Å². The number of carbonyl (C=O) groups is 2. The van der Waals surface area contributed by atoms with Crippen molar-refractivity contribution in [3.63, 3.8) is 0 Å². The summed E-state index contributed by atoms with van der Waals surface area (Å²) in [6.07, 6.45) is 2.76. The van der Waals surface area contributed by atoms with Gasteiger partial charge in [0.15, 0.2) is 6.10 Å². The molecule has 6 heteroatoms. The number of carboxylic acid groups (broad SMARTS) is 1. The molecule has 6 nitrogen and oxygen atoms in total. The second-order valence-electron chi connectivity index (χ2n) is 3.28. The largest absolute Gasteiger partial charge is 0.479 e. The van der Waals surface area contributed by atoms with Crippen molar-refractivity contribution < 1.29 is 24.2 Å². The number of rotatable bonds is 6. The van der Waals surface area contributed by atoms with Gasteiger partial charge in [0.1, 0.15) is 5.76 Å². The van der Waals surface area contributed by atoms with Crippen LogP contribution in [0, 0.1) is 0 Å². The number of carboxylic acids is 1. The van der Waals surface area contributed by atoms with Crippen LogP contribution in [0.1, 0.15) is 12.2 Å².